The molecule has 0 bridgehead atoms. The van der Waals surface area contributed by atoms with Crippen LogP contribution >= 0.6 is 11.6 Å². The zero-order chi connectivity index (χ0) is 22.5. The van der Waals surface area contributed by atoms with Crippen LogP contribution in [0.5, 0.6) is 0 Å². The molecule has 2 amide bonds. The number of anilines is 2. The van der Waals surface area contributed by atoms with Crippen LogP contribution < -0.4 is 16.4 Å². The van der Waals surface area contributed by atoms with E-state index in [-0.39, 0.29) is 18.6 Å². The Bertz CT molecular complexity index is 1130. The Hall–Kier alpha value is -3.35. The summed E-state index contributed by atoms with van der Waals surface area (Å²) in [5, 5.41) is 5.83. The molecule has 4 rings (SSSR count). The molecule has 6 nitrogen and oxygen atoms in total. The molecule has 0 saturated carbocycles. The number of ether oxygens (including phenoxy) is 1. The van der Waals surface area contributed by atoms with Gasteiger partial charge in [-0.15, -0.1) is 0 Å². The van der Waals surface area contributed by atoms with Gasteiger partial charge in [-0.3, -0.25) is 10.1 Å². The predicted octanol–water partition coefficient (Wildman–Crippen LogP) is 5.68. The molecule has 0 saturated heterocycles. The standard InChI is InChI=1S/C25H24ClN3O3/c26-19-11-18(12-21(13-19)29-25(31)32-15-16-5-2-1-3-6-16)24(30)28-20-10-9-17-7-4-8-23(27)22(17)14-20/h1-3,5-6,9-14,23H,4,7-8,15,27H2,(H,28,30)(H,29,31)/t23-/m0/s1. The Kier molecular flexibility index (Phi) is 6.73. The first-order chi connectivity index (χ1) is 15.5. The van der Waals surface area contributed by atoms with Gasteiger partial charge in [-0.25, -0.2) is 4.79 Å². The fourth-order valence-corrected chi connectivity index (χ4v) is 4.02. The van der Waals surface area contributed by atoms with Crippen molar-refractivity contribution in [1.82, 2.24) is 0 Å². The Morgan fingerprint density at radius 1 is 1.00 bits per heavy atom. The molecule has 0 spiro atoms. The lowest BCUT2D eigenvalue weighted by Crippen LogP contribution is -2.19. The van der Waals surface area contributed by atoms with Crippen molar-refractivity contribution in [3.05, 3.63) is 94.0 Å². The van der Waals surface area contributed by atoms with Crippen molar-refractivity contribution in [2.75, 3.05) is 10.6 Å². The minimum Gasteiger partial charge on any atom is -0.444 e. The number of nitrogens with one attached hydrogen (secondary N) is 2. The molecule has 164 valence electrons. The first-order valence-corrected chi connectivity index (χ1v) is 10.8. The minimum absolute atomic E-state index is 0.0144. The maximum Gasteiger partial charge on any atom is 0.411 e. The average molecular weight is 450 g/mol. The average Bonchev–Trinajstić information content (AvgIpc) is 2.78. The molecule has 0 aromatic heterocycles. The molecule has 1 aliphatic rings. The third-order valence-electron chi connectivity index (χ3n) is 5.38. The molecule has 4 N–H and O–H groups in total. The highest BCUT2D eigenvalue weighted by Crippen LogP contribution is 2.30. The van der Waals surface area contributed by atoms with Crippen molar-refractivity contribution < 1.29 is 14.3 Å². The molecule has 3 aromatic carbocycles. The number of hydrogen-bond acceptors (Lipinski definition) is 4. The summed E-state index contributed by atoms with van der Waals surface area (Å²) >= 11 is 6.18. The molecule has 0 unspecified atom stereocenters. The van der Waals surface area contributed by atoms with Gasteiger partial charge in [0.25, 0.3) is 5.91 Å². The van der Waals surface area contributed by atoms with E-state index in [1.165, 1.54) is 5.56 Å². The van der Waals surface area contributed by atoms with Gasteiger partial charge in [0, 0.05) is 28.0 Å². The second-order valence-electron chi connectivity index (χ2n) is 7.78. The maximum atomic E-state index is 12.8. The molecule has 0 aliphatic heterocycles. The summed E-state index contributed by atoms with van der Waals surface area (Å²) in [5.41, 5.74) is 10.8. The molecule has 32 heavy (non-hydrogen) atoms. The van der Waals surface area contributed by atoms with E-state index in [1.54, 1.807) is 18.2 Å². The van der Waals surface area contributed by atoms with Crippen LogP contribution in [0.1, 0.15) is 45.9 Å². The second kappa shape index (κ2) is 9.85. The molecule has 0 radical (unpaired) electrons. The van der Waals surface area contributed by atoms with Gasteiger partial charge in [0.1, 0.15) is 6.61 Å². The Morgan fingerprint density at radius 2 is 1.81 bits per heavy atom. The number of carbonyl (C=O) groups excluding carboxylic acids is 2. The van der Waals surface area contributed by atoms with E-state index < -0.39 is 6.09 Å². The highest BCUT2D eigenvalue weighted by Gasteiger charge is 2.18. The number of nitrogens with two attached hydrogens (primary N) is 1. The monoisotopic (exact) mass is 449 g/mol. The summed E-state index contributed by atoms with van der Waals surface area (Å²) < 4.78 is 5.23. The van der Waals surface area contributed by atoms with Gasteiger partial charge < -0.3 is 15.8 Å². The third-order valence-corrected chi connectivity index (χ3v) is 5.60. The van der Waals surface area contributed by atoms with Crippen LogP contribution in [0.25, 0.3) is 0 Å². The molecule has 3 aromatic rings. The van der Waals surface area contributed by atoms with Crippen LogP contribution in [0.2, 0.25) is 5.02 Å². The lowest BCUT2D eigenvalue weighted by molar-refractivity contribution is 0.102. The third kappa shape index (κ3) is 5.46. The van der Waals surface area contributed by atoms with Gasteiger partial charge >= 0.3 is 6.09 Å². The van der Waals surface area contributed by atoms with Crippen molar-refractivity contribution >= 4 is 35.0 Å². The van der Waals surface area contributed by atoms with Crippen LogP contribution in [0, 0.1) is 0 Å². The fraction of sp³-hybridized carbons (Fsp3) is 0.200. The zero-order valence-corrected chi connectivity index (χ0v) is 18.2. The summed E-state index contributed by atoms with van der Waals surface area (Å²) in [6.07, 6.45) is 2.38. The second-order valence-corrected chi connectivity index (χ2v) is 8.22. The molecule has 7 heteroatoms. The lowest BCUT2D eigenvalue weighted by atomic mass is 9.88. The zero-order valence-electron chi connectivity index (χ0n) is 17.4. The van der Waals surface area contributed by atoms with E-state index in [9.17, 15) is 9.59 Å². The van der Waals surface area contributed by atoms with E-state index in [2.05, 4.69) is 10.6 Å². The molecule has 1 aliphatic carbocycles. The number of fused-ring (bicyclic) bond motifs is 1. The van der Waals surface area contributed by atoms with Crippen molar-refractivity contribution in [3.63, 3.8) is 0 Å². The van der Waals surface area contributed by atoms with Crippen LogP contribution in [0.15, 0.2) is 66.7 Å². The van der Waals surface area contributed by atoms with Gasteiger partial charge in [0.15, 0.2) is 0 Å². The Balaban J connectivity index is 1.42. The summed E-state index contributed by atoms with van der Waals surface area (Å²) in [4.78, 5) is 25.0. The molecule has 1 atom stereocenters. The molecular weight excluding hydrogens is 426 g/mol. The van der Waals surface area contributed by atoms with Crippen LogP contribution in [-0.2, 0) is 17.8 Å². The molecular formula is C25H24ClN3O3. The van der Waals surface area contributed by atoms with Crippen molar-refractivity contribution in [3.8, 4) is 0 Å². The van der Waals surface area contributed by atoms with Crippen molar-refractivity contribution in [1.29, 1.82) is 0 Å². The van der Waals surface area contributed by atoms with Crippen molar-refractivity contribution in [2.24, 2.45) is 5.73 Å². The number of carbonyl (C=O) groups is 2. The highest BCUT2D eigenvalue weighted by molar-refractivity contribution is 6.31. The largest absolute Gasteiger partial charge is 0.444 e. The van der Waals surface area contributed by atoms with E-state index >= 15 is 0 Å². The van der Waals surface area contributed by atoms with Crippen LogP contribution in [0.4, 0.5) is 16.2 Å². The number of rotatable bonds is 5. The highest BCUT2D eigenvalue weighted by atomic mass is 35.5. The number of halogens is 1. The van der Waals surface area contributed by atoms with Gasteiger partial charge in [0.05, 0.1) is 0 Å². The van der Waals surface area contributed by atoms with E-state index in [1.807, 2.05) is 48.5 Å². The van der Waals surface area contributed by atoms with Crippen LogP contribution in [-0.4, -0.2) is 12.0 Å². The smallest absolute Gasteiger partial charge is 0.411 e. The maximum absolute atomic E-state index is 12.8. The minimum atomic E-state index is -0.633. The number of benzene rings is 3. The van der Waals surface area contributed by atoms with Gasteiger partial charge in [0.2, 0.25) is 0 Å². The fourth-order valence-electron chi connectivity index (χ4n) is 3.79. The van der Waals surface area contributed by atoms with Crippen LogP contribution in [0.3, 0.4) is 0 Å². The molecule has 0 fully saturated rings. The summed E-state index contributed by atoms with van der Waals surface area (Å²) in [5.74, 6) is -0.336. The van der Waals surface area contributed by atoms with Gasteiger partial charge in [-0.1, -0.05) is 48.0 Å². The first kappa shape index (κ1) is 21.9. The quantitative estimate of drug-likeness (QED) is 0.467. The number of hydrogen-bond donors (Lipinski definition) is 3. The molecule has 0 heterocycles. The summed E-state index contributed by atoms with van der Waals surface area (Å²) in [6, 6.07) is 19.8. The van der Waals surface area contributed by atoms with Gasteiger partial charge in [-0.2, -0.15) is 0 Å². The lowest BCUT2D eigenvalue weighted by Gasteiger charge is -2.23. The van der Waals surface area contributed by atoms with Crippen molar-refractivity contribution in [2.45, 2.75) is 31.9 Å². The Morgan fingerprint density at radius 3 is 2.62 bits per heavy atom. The Labute approximate surface area is 191 Å². The predicted molar refractivity (Wildman–Crippen MR) is 126 cm³/mol. The van der Waals surface area contributed by atoms with E-state index in [0.717, 1.165) is 30.4 Å². The number of amides is 2. The van der Waals surface area contributed by atoms with E-state index in [4.69, 9.17) is 22.1 Å². The van der Waals surface area contributed by atoms with E-state index in [0.29, 0.717) is 22.0 Å². The normalized spacial score (nSPS) is 14.9. The van der Waals surface area contributed by atoms with Gasteiger partial charge in [-0.05, 0) is 66.3 Å². The topological polar surface area (TPSA) is 93.5 Å². The number of aryl methyl sites for hydroxylation is 1. The summed E-state index contributed by atoms with van der Waals surface area (Å²) in [6.45, 7) is 0.140. The first-order valence-electron chi connectivity index (χ1n) is 10.5. The SMILES string of the molecule is N[C@H]1CCCc2ccc(NC(=O)c3cc(Cl)cc(NC(=O)OCc4ccccc4)c3)cc21. The summed E-state index contributed by atoms with van der Waals surface area (Å²) in [7, 11) is 0.